The highest BCUT2D eigenvalue weighted by atomic mass is 16.2. The molecule has 5 unspecified atom stereocenters. The number of carbonyl (C=O) groups is 1. The standard InChI is InChI=1S/C17H30N2O/c1-12-8-9-14(18)11-15(12)17(20)19-10-4-6-13-5-2-3-7-16(13)19/h12-16H,2-11,18H2,1H3. The summed E-state index contributed by atoms with van der Waals surface area (Å²) in [7, 11) is 0. The van der Waals surface area contributed by atoms with Crippen LogP contribution in [0.3, 0.4) is 0 Å². The van der Waals surface area contributed by atoms with Gasteiger partial charge in [-0.2, -0.15) is 0 Å². The summed E-state index contributed by atoms with van der Waals surface area (Å²) in [6, 6.07) is 0.794. The lowest BCUT2D eigenvalue weighted by Crippen LogP contribution is -2.53. The van der Waals surface area contributed by atoms with Crippen molar-refractivity contribution in [3.8, 4) is 0 Å². The van der Waals surface area contributed by atoms with Gasteiger partial charge in [0.05, 0.1) is 0 Å². The minimum atomic E-state index is 0.194. The summed E-state index contributed by atoms with van der Waals surface area (Å²) in [5.41, 5.74) is 6.12. The largest absolute Gasteiger partial charge is 0.339 e. The number of piperidine rings is 1. The van der Waals surface area contributed by atoms with Crippen molar-refractivity contribution in [1.29, 1.82) is 0 Å². The Balaban J connectivity index is 1.71. The summed E-state index contributed by atoms with van der Waals surface area (Å²) in [6.45, 7) is 3.25. The zero-order valence-electron chi connectivity index (χ0n) is 12.9. The van der Waals surface area contributed by atoms with Crippen LogP contribution in [0.4, 0.5) is 0 Å². The summed E-state index contributed by atoms with van der Waals surface area (Å²) < 4.78 is 0. The number of nitrogens with two attached hydrogens (primary N) is 1. The molecule has 1 amide bonds. The van der Waals surface area contributed by atoms with E-state index in [2.05, 4.69) is 11.8 Å². The smallest absolute Gasteiger partial charge is 0.226 e. The number of fused-ring (bicyclic) bond motifs is 1. The van der Waals surface area contributed by atoms with Crippen LogP contribution in [-0.2, 0) is 4.79 Å². The van der Waals surface area contributed by atoms with E-state index in [9.17, 15) is 4.79 Å². The van der Waals surface area contributed by atoms with Gasteiger partial charge in [0.25, 0.3) is 0 Å². The molecule has 0 bridgehead atoms. The minimum Gasteiger partial charge on any atom is -0.339 e. The molecule has 20 heavy (non-hydrogen) atoms. The van der Waals surface area contributed by atoms with Crippen molar-refractivity contribution in [3.05, 3.63) is 0 Å². The Hall–Kier alpha value is -0.570. The molecule has 2 N–H and O–H groups in total. The Labute approximate surface area is 123 Å². The van der Waals surface area contributed by atoms with Crippen molar-refractivity contribution in [3.63, 3.8) is 0 Å². The fourth-order valence-electron chi connectivity index (χ4n) is 4.81. The van der Waals surface area contributed by atoms with E-state index in [1.807, 2.05) is 0 Å². The highest BCUT2D eigenvalue weighted by molar-refractivity contribution is 5.79. The Morgan fingerprint density at radius 1 is 1.05 bits per heavy atom. The maximum absolute atomic E-state index is 13.0. The molecule has 0 aromatic heterocycles. The molecule has 0 radical (unpaired) electrons. The van der Waals surface area contributed by atoms with Gasteiger partial charge in [-0.25, -0.2) is 0 Å². The maximum atomic E-state index is 13.0. The second-order valence-corrected chi connectivity index (χ2v) is 7.44. The van der Waals surface area contributed by atoms with Gasteiger partial charge in [-0.15, -0.1) is 0 Å². The maximum Gasteiger partial charge on any atom is 0.226 e. The Morgan fingerprint density at radius 2 is 1.80 bits per heavy atom. The predicted octanol–water partition coefficient (Wildman–Crippen LogP) is 2.93. The van der Waals surface area contributed by atoms with Gasteiger partial charge in [-0.1, -0.05) is 19.8 Å². The second-order valence-electron chi connectivity index (χ2n) is 7.44. The van der Waals surface area contributed by atoms with E-state index >= 15 is 0 Å². The van der Waals surface area contributed by atoms with Gasteiger partial charge >= 0.3 is 0 Å². The molecule has 3 nitrogen and oxygen atoms in total. The van der Waals surface area contributed by atoms with E-state index in [0.717, 1.165) is 31.7 Å². The zero-order chi connectivity index (χ0) is 14.1. The van der Waals surface area contributed by atoms with E-state index in [1.165, 1.54) is 38.5 Å². The summed E-state index contributed by atoms with van der Waals surface area (Å²) >= 11 is 0. The van der Waals surface area contributed by atoms with Crippen LogP contribution in [0, 0.1) is 17.8 Å². The van der Waals surface area contributed by atoms with Crippen molar-refractivity contribution in [2.45, 2.75) is 76.8 Å². The molecule has 0 spiro atoms. The lowest BCUT2D eigenvalue weighted by molar-refractivity contribution is -0.145. The van der Waals surface area contributed by atoms with Crippen LogP contribution in [-0.4, -0.2) is 29.4 Å². The number of hydrogen-bond acceptors (Lipinski definition) is 2. The first-order valence-electron chi connectivity index (χ1n) is 8.73. The van der Waals surface area contributed by atoms with Gasteiger partial charge in [0.15, 0.2) is 0 Å². The molecule has 3 rings (SSSR count). The van der Waals surface area contributed by atoms with Crippen LogP contribution in [0.2, 0.25) is 0 Å². The Bertz CT molecular complexity index is 355. The summed E-state index contributed by atoms with van der Waals surface area (Å²) in [5, 5.41) is 0. The number of likely N-dealkylation sites (tertiary alicyclic amines) is 1. The number of nitrogens with zero attached hydrogens (tertiary/aromatic N) is 1. The van der Waals surface area contributed by atoms with E-state index < -0.39 is 0 Å². The number of hydrogen-bond donors (Lipinski definition) is 1. The highest BCUT2D eigenvalue weighted by Crippen LogP contribution is 2.38. The van der Waals surface area contributed by atoms with Crippen molar-refractivity contribution in [1.82, 2.24) is 4.90 Å². The fraction of sp³-hybridized carbons (Fsp3) is 0.941. The predicted molar refractivity (Wildman–Crippen MR) is 81.2 cm³/mol. The van der Waals surface area contributed by atoms with E-state index in [0.29, 0.717) is 17.9 Å². The molecule has 3 aliphatic rings. The first kappa shape index (κ1) is 14.4. The fourth-order valence-corrected chi connectivity index (χ4v) is 4.81. The minimum absolute atomic E-state index is 0.194. The average molecular weight is 278 g/mol. The van der Waals surface area contributed by atoms with Crippen molar-refractivity contribution >= 4 is 5.91 Å². The Morgan fingerprint density at radius 3 is 2.65 bits per heavy atom. The van der Waals surface area contributed by atoms with Crippen molar-refractivity contribution in [2.24, 2.45) is 23.5 Å². The van der Waals surface area contributed by atoms with Crippen LogP contribution in [0.15, 0.2) is 0 Å². The van der Waals surface area contributed by atoms with Gasteiger partial charge in [0.1, 0.15) is 0 Å². The van der Waals surface area contributed by atoms with Gasteiger partial charge in [0, 0.05) is 24.5 Å². The number of rotatable bonds is 1. The average Bonchev–Trinajstić information content (AvgIpc) is 2.48. The molecule has 1 heterocycles. The molecular formula is C17H30N2O. The normalized spacial score (nSPS) is 42.1. The molecule has 2 saturated carbocycles. The van der Waals surface area contributed by atoms with E-state index in [4.69, 9.17) is 5.73 Å². The molecule has 3 fully saturated rings. The SMILES string of the molecule is CC1CCC(N)CC1C(=O)N1CCCC2CCCCC21. The lowest BCUT2D eigenvalue weighted by atomic mass is 9.74. The van der Waals surface area contributed by atoms with Gasteiger partial charge in [0.2, 0.25) is 5.91 Å². The molecule has 0 aromatic carbocycles. The third-order valence-electron chi connectivity index (χ3n) is 6.08. The second kappa shape index (κ2) is 6.05. The quantitative estimate of drug-likeness (QED) is 0.801. The molecule has 0 aromatic rings. The van der Waals surface area contributed by atoms with Gasteiger partial charge in [-0.05, 0) is 56.8 Å². The van der Waals surface area contributed by atoms with E-state index in [1.54, 1.807) is 0 Å². The van der Waals surface area contributed by atoms with Crippen LogP contribution in [0.1, 0.15) is 64.7 Å². The van der Waals surface area contributed by atoms with Crippen LogP contribution >= 0.6 is 0 Å². The van der Waals surface area contributed by atoms with Crippen LogP contribution in [0.25, 0.3) is 0 Å². The first-order chi connectivity index (χ1) is 9.66. The monoisotopic (exact) mass is 278 g/mol. The van der Waals surface area contributed by atoms with Crippen molar-refractivity contribution < 1.29 is 4.79 Å². The molecule has 3 heteroatoms. The highest BCUT2D eigenvalue weighted by Gasteiger charge is 2.40. The van der Waals surface area contributed by atoms with Gasteiger partial charge in [-0.3, -0.25) is 4.79 Å². The van der Waals surface area contributed by atoms with Crippen molar-refractivity contribution in [2.75, 3.05) is 6.54 Å². The van der Waals surface area contributed by atoms with Crippen LogP contribution < -0.4 is 5.73 Å². The molecular weight excluding hydrogens is 248 g/mol. The Kier molecular flexibility index (Phi) is 4.34. The van der Waals surface area contributed by atoms with Crippen LogP contribution in [0.5, 0.6) is 0 Å². The number of amides is 1. The summed E-state index contributed by atoms with van der Waals surface area (Å²) in [6.07, 6.45) is 10.9. The van der Waals surface area contributed by atoms with Gasteiger partial charge < -0.3 is 10.6 Å². The number of carbonyl (C=O) groups excluding carboxylic acids is 1. The molecule has 1 saturated heterocycles. The third-order valence-corrected chi connectivity index (χ3v) is 6.08. The summed E-state index contributed by atoms with van der Waals surface area (Å²) in [5.74, 6) is 1.93. The zero-order valence-corrected chi connectivity index (χ0v) is 12.9. The molecule has 2 aliphatic carbocycles. The molecule has 1 aliphatic heterocycles. The first-order valence-corrected chi connectivity index (χ1v) is 8.73. The molecule has 5 atom stereocenters. The summed E-state index contributed by atoms with van der Waals surface area (Å²) in [4.78, 5) is 15.3. The topological polar surface area (TPSA) is 46.3 Å². The third kappa shape index (κ3) is 2.74. The lowest BCUT2D eigenvalue weighted by Gasteiger charge is -2.46. The van der Waals surface area contributed by atoms with E-state index in [-0.39, 0.29) is 12.0 Å². The molecule has 114 valence electrons.